The van der Waals surface area contributed by atoms with Crippen molar-refractivity contribution >= 4 is 5.71 Å². The van der Waals surface area contributed by atoms with Crippen LogP contribution in [-0.2, 0) is 6.42 Å². The molecule has 4 nitrogen and oxygen atoms in total. The third-order valence-electron chi connectivity index (χ3n) is 6.11. The fraction of sp³-hybridized carbons (Fsp3) is 0.500. The van der Waals surface area contributed by atoms with Crippen LogP contribution in [0.3, 0.4) is 0 Å². The van der Waals surface area contributed by atoms with Gasteiger partial charge in [0.25, 0.3) is 0 Å². The van der Waals surface area contributed by atoms with Crippen molar-refractivity contribution < 1.29 is 5.11 Å². The Labute approximate surface area is 181 Å². The smallest absolute Gasteiger partial charge is 0.124 e. The largest absolute Gasteiger partial charge is 0.507 e. The van der Waals surface area contributed by atoms with Crippen molar-refractivity contribution in [3.05, 3.63) is 65.7 Å². The first kappa shape index (κ1) is 22.5. The molecule has 0 spiro atoms. The molecule has 0 unspecified atom stereocenters. The van der Waals surface area contributed by atoms with Crippen LogP contribution in [0.2, 0.25) is 0 Å². The van der Waals surface area contributed by atoms with Gasteiger partial charge < -0.3 is 15.7 Å². The molecule has 1 fully saturated rings. The number of nitrogens with zero attached hydrogens (tertiary/aromatic N) is 2. The molecule has 0 bridgehead atoms. The van der Waals surface area contributed by atoms with E-state index in [0.717, 1.165) is 30.0 Å². The van der Waals surface area contributed by atoms with Crippen LogP contribution in [0, 0.1) is 5.92 Å². The molecule has 2 aromatic rings. The van der Waals surface area contributed by atoms with Crippen molar-refractivity contribution in [2.45, 2.75) is 44.9 Å². The zero-order valence-electron chi connectivity index (χ0n) is 18.2. The average Bonchev–Trinajstić information content (AvgIpc) is 2.78. The maximum absolute atomic E-state index is 10.1. The second-order valence-corrected chi connectivity index (χ2v) is 8.42. The number of piperidine rings is 1. The van der Waals surface area contributed by atoms with Crippen LogP contribution in [0.1, 0.15) is 49.7 Å². The number of nitrogens with two attached hydrogens (primary N) is 1. The Morgan fingerprint density at radius 3 is 2.43 bits per heavy atom. The van der Waals surface area contributed by atoms with E-state index in [1.54, 1.807) is 6.07 Å². The van der Waals surface area contributed by atoms with Crippen LogP contribution < -0.4 is 5.73 Å². The number of unbranched alkanes of at least 4 members (excludes halogenated alkanes) is 2. The highest BCUT2D eigenvalue weighted by atomic mass is 16.3. The fourth-order valence-corrected chi connectivity index (χ4v) is 4.38. The van der Waals surface area contributed by atoms with Crippen molar-refractivity contribution in [3.8, 4) is 5.75 Å². The zero-order valence-corrected chi connectivity index (χ0v) is 18.2. The predicted octanol–water partition coefficient (Wildman–Crippen LogP) is 4.66. The molecular weight excluding hydrogens is 370 g/mol. The van der Waals surface area contributed by atoms with E-state index >= 15 is 0 Å². The molecule has 4 heteroatoms. The maximum Gasteiger partial charge on any atom is 0.124 e. The van der Waals surface area contributed by atoms with Gasteiger partial charge in [-0.15, -0.1) is 0 Å². The van der Waals surface area contributed by atoms with Crippen molar-refractivity contribution in [1.82, 2.24) is 4.90 Å². The van der Waals surface area contributed by atoms with E-state index in [-0.39, 0.29) is 0 Å². The Balaban J connectivity index is 1.34. The van der Waals surface area contributed by atoms with E-state index in [1.165, 1.54) is 57.3 Å². The van der Waals surface area contributed by atoms with Crippen LogP contribution in [0.25, 0.3) is 0 Å². The Hall–Kier alpha value is -2.17. The van der Waals surface area contributed by atoms with Crippen molar-refractivity contribution in [3.63, 3.8) is 0 Å². The zero-order chi connectivity index (χ0) is 21.0. The summed E-state index contributed by atoms with van der Waals surface area (Å²) in [5, 5.41) is 10.1. The number of aliphatic imine (C=N–C) groups is 1. The SMILES string of the molecule is NCC/N=C(\CCCCCN1CCC(Cc2ccccc2)CC1)c1ccccc1O. The number of likely N-dealkylation sites (tertiary alicyclic amines) is 1. The number of hydrogen-bond donors (Lipinski definition) is 2. The number of aromatic hydroxyl groups is 1. The van der Waals surface area contributed by atoms with Crippen molar-refractivity contribution in [2.24, 2.45) is 16.6 Å². The van der Waals surface area contributed by atoms with E-state index in [2.05, 4.69) is 40.2 Å². The van der Waals surface area contributed by atoms with Gasteiger partial charge in [-0.3, -0.25) is 4.99 Å². The van der Waals surface area contributed by atoms with Gasteiger partial charge in [-0.05, 0) is 81.8 Å². The first-order valence-corrected chi connectivity index (χ1v) is 11.5. The number of hydrogen-bond acceptors (Lipinski definition) is 4. The molecule has 30 heavy (non-hydrogen) atoms. The summed E-state index contributed by atoms with van der Waals surface area (Å²) < 4.78 is 0. The lowest BCUT2D eigenvalue weighted by Crippen LogP contribution is -2.35. The summed E-state index contributed by atoms with van der Waals surface area (Å²) in [5.74, 6) is 1.15. The van der Waals surface area contributed by atoms with Gasteiger partial charge in [0.2, 0.25) is 0 Å². The van der Waals surface area contributed by atoms with Crippen LogP contribution in [0.15, 0.2) is 59.6 Å². The van der Waals surface area contributed by atoms with E-state index in [9.17, 15) is 5.11 Å². The summed E-state index contributed by atoms with van der Waals surface area (Å²) in [6.07, 6.45) is 8.29. The summed E-state index contributed by atoms with van der Waals surface area (Å²) in [7, 11) is 0. The second-order valence-electron chi connectivity index (χ2n) is 8.42. The van der Waals surface area contributed by atoms with Crippen molar-refractivity contribution in [1.29, 1.82) is 0 Å². The number of benzene rings is 2. The summed E-state index contributed by atoms with van der Waals surface area (Å²) in [4.78, 5) is 7.26. The van der Waals surface area contributed by atoms with E-state index in [1.807, 2.05) is 18.2 Å². The van der Waals surface area contributed by atoms with Crippen LogP contribution in [0.4, 0.5) is 0 Å². The summed E-state index contributed by atoms with van der Waals surface area (Å²) >= 11 is 0. The molecule has 0 saturated carbocycles. The predicted molar refractivity (Wildman–Crippen MR) is 126 cm³/mol. The fourth-order valence-electron chi connectivity index (χ4n) is 4.38. The second kappa shape index (κ2) is 12.5. The molecule has 0 aromatic heterocycles. The number of rotatable bonds is 11. The number of phenols is 1. The molecule has 0 aliphatic carbocycles. The quantitative estimate of drug-likeness (QED) is 0.421. The molecule has 0 amide bonds. The van der Waals surface area contributed by atoms with Gasteiger partial charge in [-0.1, -0.05) is 48.9 Å². The lowest BCUT2D eigenvalue weighted by Gasteiger charge is -2.32. The summed E-state index contributed by atoms with van der Waals surface area (Å²) in [6.45, 7) is 4.82. The molecule has 0 radical (unpaired) electrons. The van der Waals surface area contributed by atoms with E-state index in [0.29, 0.717) is 18.8 Å². The minimum absolute atomic E-state index is 0.312. The third kappa shape index (κ3) is 7.26. The molecule has 1 heterocycles. The van der Waals surface area contributed by atoms with Gasteiger partial charge in [-0.2, -0.15) is 0 Å². The molecular formula is C26H37N3O. The molecule has 2 aromatic carbocycles. The van der Waals surface area contributed by atoms with E-state index in [4.69, 9.17) is 5.73 Å². The topological polar surface area (TPSA) is 61.8 Å². The molecule has 1 aliphatic rings. The van der Waals surface area contributed by atoms with Gasteiger partial charge >= 0.3 is 0 Å². The van der Waals surface area contributed by atoms with Gasteiger partial charge in [0.1, 0.15) is 5.75 Å². The van der Waals surface area contributed by atoms with Gasteiger partial charge in [0.05, 0.1) is 6.54 Å². The highest BCUT2D eigenvalue weighted by molar-refractivity contribution is 6.02. The van der Waals surface area contributed by atoms with Gasteiger partial charge in [0, 0.05) is 17.8 Å². The Kier molecular flexibility index (Phi) is 9.39. The number of phenolic OH excluding ortho intramolecular Hbond substituents is 1. The first-order valence-electron chi connectivity index (χ1n) is 11.5. The monoisotopic (exact) mass is 407 g/mol. The molecule has 162 valence electrons. The van der Waals surface area contributed by atoms with Crippen LogP contribution in [-0.4, -0.2) is 48.4 Å². The minimum atomic E-state index is 0.312. The molecule has 1 aliphatic heterocycles. The highest BCUT2D eigenvalue weighted by Crippen LogP contribution is 2.23. The summed E-state index contributed by atoms with van der Waals surface area (Å²) in [6, 6.07) is 18.4. The van der Waals surface area contributed by atoms with Gasteiger partial charge in [-0.25, -0.2) is 0 Å². The standard InChI is InChI=1S/C26H37N3O/c27-16-17-28-25(24-11-6-7-13-26(24)30)12-5-2-8-18-29-19-14-23(15-20-29)21-22-9-3-1-4-10-22/h1,3-4,6-7,9-11,13,23,30H,2,5,8,12,14-21,27H2/b28-25+. The van der Waals surface area contributed by atoms with Crippen molar-refractivity contribution in [2.75, 3.05) is 32.7 Å². The lowest BCUT2D eigenvalue weighted by atomic mass is 9.90. The summed E-state index contributed by atoms with van der Waals surface area (Å²) in [5.41, 5.74) is 8.95. The van der Waals surface area contributed by atoms with E-state index < -0.39 is 0 Å². The Morgan fingerprint density at radius 1 is 0.967 bits per heavy atom. The highest BCUT2D eigenvalue weighted by Gasteiger charge is 2.19. The molecule has 1 saturated heterocycles. The number of para-hydroxylation sites is 1. The molecule has 0 atom stereocenters. The minimum Gasteiger partial charge on any atom is -0.507 e. The normalized spacial score (nSPS) is 16.1. The average molecular weight is 408 g/mol. The van der Waals surface area contributed by atoms with Crippen LogP contribution in [0.5, 0.6) is 5.75 Å². The Morgan fingerprint density at radius 2 is 1.70 bits per heavy atom. The molecule has 3 rings (SSSR count). The first-order chi connectivity index (χ1) is 14.8. The third-order valence-corrected chi connectivity index (χ3v) is 6.11. The molecule has 3 N–H and O–H groups in total. The lowest BCUT2D eigenvalue weighted by molar-refractivity contribution is 0.181. The van der Waals surface area contributed by atoms with Crippen LogP contribution >= 0.6 is 0 Å². The maximum atomic E-state index is 10.1. The Bertz CT molecular complexity index is 767. The van der Waals surface area contributed by atoms with Gasteiger partial charge in [0.15, 0.2) is 0 Å².